The van der Waals surface area contributed by atoms with E-state index in [1.807, 2.05) is 48.0 Å². The molecule has 0 spiro atoms. The Labute approximate surface area is 113 Å². The second kappa shape index (κ2) is 4.85. The monoisotopic (exact) mass is 272 g/mol. The van der Waals surface area contributed by atoms with Gasteiger partial charge in [-0.15, -0.1) is 11.3 Å². The van der Waals surface area contributed by atoms with Gasteiger partial charge >= 0.3 is 0 Å². The molecule has 3 aromatic rings. The maximum atomic E-state index is 10.9. The number of para-hydroxylation sites is 1. The van der Waals surface area contributed by atoms with Crippen LogP contribution in [0.4, 0.5) is 0 Å². The van der Waals surface area contributed by atoms with Gasteiger partial charge in [0, 0.05) is 26.9 Å². The van der Waals surface area contributed by atoms with Crippen molar-refractivity contribution in [3.63, 3.8) is 0 Å². The molecule has 19 heavy (non-hydrogen) atoms. The van der Waals surface area contributed by atoms with Crippen molar-refractivity contribution in [1.82, 2.24) is 4.98 Å². The summed E-state index contributed by atoms with van der Waals surface area (Å²) >= 11 is 1.56. The number of nitrogens with one attached hydrogen (secondary N) is 1. The predicted molar refractivity (Wildman–Crippen MR) is 76.3 cm³/mol. The zero-order valence-electron chi connectivity index (χ0n) is 10.1. The van der Waals surface area contributed by atoms with E-state index in [0.717, 1.165) is 21.3 Å². The van der Waals surface area contributed by atoms with Crippen molar-refractivity contribution in [2.24, 2.45) is 0 Å². The van der Waals surface area contributed by atoms with Crippen LogP contribution in [0.25, 0.3) is 10.9 Å². The van der Waals surface area contributed by atoms with E-state index in [1.54, 1.807) is 11.3 Å². The molecule has 0 saturated heterocycles. The van der Waals surface area contributed by atoms with Crippen molar-refractivity contribution in [3.8, 4) is 0 Å². The SMILES string of the molecule is O=[N+]([O-])C[C@@H](c1cccs1)c1c[nH]c2ccccc12. The summed E-state index contributed by atoms with van der Waals surface area (Å²) in [6.07, 6.45) is 1.89. The van der Waals surface area contributed by atoms with Crippen LogP contribution in [-0.4, -0.2) is 16.5 Å². The molecule has 5 heteroatoms. The number of benzene rings is 1. The molecule has 1 N–H and O–H groups in total. The highest BCUT2D eigenvalue weighted by atomic mass is 32.1. The first-order valence-corrected chi connectivity index (χ1v) is 6.85. The highest BCUT2D eigenvalue weighted by molar-refractivity contribution is 7.10. The van der Waals surface area contributed by atoms with Crippen LogP contribution in [0.15, 0.2) is 48.0 Å². The zero-order chi connectivity index (χ0) is 13.2. The predicted octanol–water partition coefficient (Wildman–Crippen LogP) is 3.64. The largest absolute Gasteiger partial charge is 0.361 e. The summed E-state index contributed by atoms with van der Waals surface area (Å²) in [5.41, 5.74) is 2.01. The minimum atomic E-state index is -0.244. The van der Waals surface area contributed by atoms with Crippen molar-refractivity contribution < 1.29 is 4.92 Å². The van der Waals surface area contributed by atoms with Crippen molar-refractivity contribution >= 4 is 22.2 Å². The van der Waals surface area contributed by atoms with Crippen LogP contribution in [0.1, 0.15) is 16.4 Å². The lowest BCUT2D eigenvalue weighted by molar-refractivity contribution is -0.481. The normalized spacial score (nSPS) is 12.6. The van der Waals surface area contributed by atoms with Gasteiger partial charge in [0.05, 0.1) is 5.92 Å². The summed E-state index contributed by atoms with van der Waals surface area (Å²) in [5, 5.41) is 13.9. The molecule has 0 unspecified atom stereocenters. The van der Waals surface area contributed by atoms with Gasteiger partial charge in [0.25, 0.3) is 0 Å². The molecule has 0 aliphatic rings. The first-order valence-electron chi connectivity index (χ1n) is 5.97. The number of H-pyrrole nitrogens is 1. The summed E-state index contributed by atoms with van der Waals surface area (Å²) in [4.78, 5) is 14.9. The second-order valence-corrected chi connectivity index (χ2v) is 5.35. The number of nitrogens with zero attached hydrogens (tertiary/aromatic N) is 1. The van der Waals surface area contributed by atoms with Crippen LogP contribution in [0.5, 0.6) is 0 Å². The number of hydrogen-bond acceptors (Lipinski definition) is 3. The Morgan fingerprint density at radius 1 is 1.26 bits per heavy atom. The smallest absolute Gasteiger partial charge is 0.215 e. The molecule has 0 fully saturated rings. The molecular formula is C14H12N2O2S. The van der Waals surface area contributed by atoms with E-state index in [9.17, 15) is 10.1 Å². The summed E-state index contributed by atoms with van der Waals surface area (Å²) in [5.74, 6) is -0.189. The van der Waals surface area contributed by atoms with E-state index in [1.165, 1.54) is 0 Å². The summed E-state index contributed by atoms with van der Waals surface area (Å²) in [6, 6.07) is 11.8. The molecule has 0 saturated carbocycles. The van der Waals surface area contributed by atoms with Gasteiger partial charge in [-0.25, -0.2) is 0 Å². The Bertz CT molecular complexity index is 703. The number of nitro groups is 1. The van der Waals surface area contributed by atoms with Crippen LogP contribution in [0.3, 0.4) is 0 Å². The third kappa shape index (κ3) is 2.24. The van der Waals surface area contributed by atoms with E-state index in [2.05, 4.69) is 4.98 Å². The van der Waals surface area contributed by atoms with E-state index in [0.29, 0.717) is 0 Å². The van der Waals surface area contributed by atoms with Crippen molar-refractivity contribution in [3.05, 3.63) is 68.5 Å². The quantitative estimate of drug-likeness (QED) is 0.582. The van der Waals surface area contributed by atoms with Crippen LogP contribution in [0, 0.1) is 10.1 Å². The molecule has 1 aromatic carbocycles. The summed E-state index contributed by atoms with van der Waals surface area (Å²) in [6.45, 7) is -0.0810. The van der Waals surface area contributed by atoms with Gasteiger partial charge in [0.2, 0.25) is 6.54 Å². The Kier molecular flexibility index (Phi) is 3.05. The maximum absolute atomic E-state index is 10.9. The maximum Gasteiger partial charge on any atom is 0.215 e. The fourth-order valence-corrected chi connectivity index (χ4v) is 3.20. The van der Waals surface area contributed by atoms with Gasteiger partial charge in [0.1, 0.15) is 0 Å². The molecule has 0 radical (unpaired) electrons. The topological polar surface area (TPSA) is 58.9 Å². The lowest BCUT2D eigenvalue weighted by atomic mass is 9.97. The molecule has 2 heterocycles. The van der Waals surface area contributed by atoms with Gasteiger partial charge in [-0.3, -0.25) is 10.1 Å². The summed E-state index contributed by atoms with van der Waals surface area (Å²) in [7, 11) is 0. The first kappa shape index (κ1) is 11.9. The molecule has 3 rings (SSSR count). The Morgan fingerprint density at radius 2 is 2.11 bits per heavy atom. The van der Waals surface area contributed by atoms with Gasteiger partial charge in [0.15, 0.2) is 0 Å². The Hall–Kier alpha value is -2.14. The number of hydrogen-bond donors (Lipinski definition) is 1. The Morgan fingerprint density at radius 3 is 2.84 bits per heavy atom. The average molecular weight is 272 g/mol. The van der Waals surface area contributed by atoms with Crippen LogP contribution < -0.4 is 0 Å². The molecule has 0 aliphatic carbocycles. The van der Waals surface area contributed by atoms with Crippen molar-refractivity contribution in [2.75, 3.05) is 6.54 Å². The minimum Gasteiger partial charge on any atom is -0.361 e. The summed E-state index contributed by atoms with van der Waals surface area (Å²) < 4.78 is 0. The molecule has 2 aromatic heterocycles. The number of fused-ring (bicyclic) bond motifs is 1. The molecule has 4 nitrogen and oxygen atoms in total. The molecule has 0 amide bonds. The number of rotatable bonds is 4. The van der Waals surface area contributed by atoms with E-state index in [4.69, 9.17) is 0 Å². The Balaban J connectivity index is 2.11. The zero-order valence-corrected chi connectivity index (χ0v) is 10.9. The highest BCUT2D eigenvalue weighted by Gasteiger charge is 2.23. The van der Waals surface area contributed by atoms with E-state index in [-0.39, 0.29) is 17.4 Å². The first-order chi connectivity index (χ1) is 9.25. The lowest BCUT2D eigenvalue weighted by Crippen LogP contribution is -2.12. The lowest BCUT2D eigenvalue weighted by Gasteiger charge is -2.10. The molecule has 1 atom stereocenters. The van der Waals surface area contributed by atoms with E-state index < -0.39 is 0 Å². The number of thiophene rings is 1. The number of aromatic amines is 1. The van der Waals surface area contributed by atoms with Crippen LogP contribution in [0.2, 0.25) is 0 Å². The third-order valence-electron chi connectivity index (χ3n) is 3.21. The second-order valence-electron chi connectivity index (χ2n) is 4.37. The van der Waals surface area contributed by atoms with E-state index >= 15 is 0 Å². The molecule has 96 valence electrons. The standard InChI is InChI=1S/C14H12N2O2S/c17-16(18)9-12(14-6-3-7-19-14)11-8-15-13-5-2-1-4-10(11)13/h1-8,12,15H,9H2/t12-/m1/s1. The van der Waals surface area contributed by atoms with Crippen molar-refractivity contribution in [2.45, 2.75) is 5.92 Å². The van der Waals surface area contributed by atoms with Crippen LogP contribution >= 0.6 is 11.3 Å². The molecule has 0 bridgehead atoms. The van der Waals surface area contributed by atoms with Crippen LogP contribution in [-0.2, 0) is 0 Å². The molecule has 0 aliphatic heterocycles. The van der Waals surface area contributed by atoms with Gasteiger partial charge in [-0.2, -0.15) is 0 Å². The minimum absolute atomic E-state index is 0.0810. The fourth-order valence-electron chi connectivity index (χ4n) is 2.36. The average Bonchev–Trinajstić information content (AvgIpc) is 3.05. The van der Waals surface area contributed by atoms with Crippen molar-refractivity contribution in [1.29, 1.82) is 0 Å². The molecular weight excluding hydrogens is 260 g/mol. The van der Waals surface area contributed by atoms with Gasteiger partial charge < -0.3 is 4.98 Å². The van der Waals surface area contributed by atoms with Gasteiger partial charge in [-0.05, 0) is 23.1 Å². The van der Waals surface area contributed by atoms with Gasteiger partial charge in [-0.1, -0.05) is 24.3 Å². The fraction of sp³-hybridized carbons (Fsp3) is 0.143. The highest BCUT2D eigenvalue weighted by Crippen LogP contribution is 2.33. The third-order valence-corrected chi connectivity index (χ3v) is 4.20. The number of aromatic nitrogens is 1.